The van der Waals surface area contributed by atoms with E-state index in [0.29, 0.717) is 0 Å². The highest BCUT2D eigenvalue weighted by atomic mass is 16.3. The molecule has 0 heterocycles. The number of nitrogens with one attached hydrogen (secondary N) is 2. The van der Waals surface area contributed by atoms with Gasteiger partial charge in [-0.2, -0.15) is 0 Å². The average Bonchev–Trinajstić information content (AvgIpc) is 2.52. The summed E-state index contributed by atoms with van der Waals surface area (Å²) in [5, 5.41) is 11.8. The van der Waals surface area contributed by atoms with E-state index in [1.807, 2.05) is 0 Å². The third-order valence-corrected chi connectivity index (χ3v) is 3.27. The van der Waals surface area contributed by atoms with Crippen molar-refractivity contribution in [2.24, 2.45) is 28.0 Å². The largest absolute Gasteiger partial charge is 0.508 e. The van der Waals surface area contributed by atoms with E-state index in [-0.39, 0.29) is 31.1 Å². The number of rotatable bonds is 9. The van der Waals surface area contributed by atoms with E-state index >= 15 is 0 Å². The predicted molar refractivity (Wildman–Crippen MR) is 89.3 cm³/mol. The lowest BCUT2D eigenvalue weighted by molar-refractivity contribution is -0.128. The molecule has 2 amide bonds. The molecule has 1 rings (SSSR count). The Kier molecular flexibility index (Phi) is 7.46. The number of phenolic OH excluding ortho intramolecular Hbond substituents is 1. The number of primary amides is 1. The zero-order chi connectivity index (χ0) is 18.1. The van der Waals surface area contributed by atoms with Gasteiger partial charge in [-0.05, 0) is 24.1 Å². The quantitative estimate of drug-likeness (QED) is 0.111. The van der Waals surface area contributed by atoms with Crippen LogP contribution in [0.3, 0.4) is 0 Å². The number of aliphatic imine (C=N–C) groups is 1. The van der Waals surface area contributed by atoms with Crippen LogP contribution in [-0.2, 0) is 16.0 Å². The van der Waals surface area contributed by atoms with E-state index in [4.69, 9.17) is 23.0 Å². The van der Waals surface area contributed by atoms with Crippen LogP contribution in [0.5, 0.6) is 5.75 Å². The number of hydrogen-bond acceptors (Lipinski definition) is 6. The van der Waals surface area contributed by atoms with Gasteiger partial charge in [0.2, 0.25) is 11.8 Å². The fraction of sp³-hybridized carbons (Fsp3) is 0.357. The first-order chi connectivity index (χ1) is 11.3. The SMILES string of the molecule is NNC(CCN=C(N)N)C(=O)NC(Cc1ccc(O)cc1)C(N)=O. The lowest BCUT2D eigenvalue weighted by Crippen LogP contribution is -2.54. The van der Waals surface area contributed by atoms with E-state index in [1.165, 1.54) is 12.1 Å². The van der Waals surface area contributed by atoms with E-state index in [0.717, 1.165) is 5.56 Å². The van der Waals surface area contributed by atoms with Crippen LogP contribution in [0.15, 0.2) is 29.3 Å². The number of nitrogens with two attached hydrogens (primary N) is 4. The first-order valence-electron chi connectivity index (χ1n) is 7.22. The highest BCUT2D eigenvalue weighted by Crippen LogP contribution is 2.11. The molecule has 0 aliphatic rings. The number of aromatic hydroxyl groups is 1. The summed E-state index contributed by atoms with van der Waals surface area (Å²) >= 11 is 0. The van der Waals surface area contributed by atoms with Gasteiger partial charge >= 0.3 is 0 Å². The van der Waals surface area contributed by atoms with E-state index in [9.17, 15) is 14.7 Å². The molecular weight excluding hydrogens is 314 g/mol. The molecule has 0 radical (unpaired) electrons. The highest BCUT2D eigenvalue weighted by Gasteiger charge is 2.23. The Morgan fingerprint density at radius 3 is 2.25 bits per heavy atom. The molecule has 0 fully saturated rings. The summed E-state index contributed by atoms with van der Waals surface area (Å²) < 4.78 is 0. The number of benzene rings is 1. The predicted octanol–water partition coefficient (Wildman–Crippen LogP) is -2.60. The van der Waals surface area contributed by atoms with Gasteiger partial charge in [0, 0.05) is 13.0 Å². The minimum atomic E-state index is -0.916. The monoisotopic (exact) mass is 337 g/mol. The average molecular weight is 337 g/mol. The standard InChI is InChI=1S/C14H23N7O3/c15-12(23)11(7-8-1-3-9(22)4-2-8)20-13(24)10(21-18)5-6-19-14(16)17/h1-4,10-11,21-22H,5-7,18H2,(H2,15,23)(H,20,24)(H4,16,17,19). The zero-order valence-electron chi connectivity index (χ0n) is 13.1. The van der Waals surface area contributed by atoms with Crippen molar-refractivity contribution in [3.63, 3.8) is 0 Å². The summed E-state index contributed by atoms with van der Waals surface area (Å²) in [4.78, 5) is 27.5. The van der Waals surface area contributed by atoms with Crippen LogP contribution in [0.1, 0.15) is 12.0 Å². The molecule has 11 N–H and O–H groups in total. The molecular formula is C14H23N7O3. The number of guanidine groups is 1. The lowest BCUT2D eigenvalue weighted by atomic mass is 10.0. The van der Waals surface area contributed by atoms with E-state index in [1.54, 1.807) is 12.1 Å². The molecule has 0 aliphatic carbocycles. The highest BCUT2D eigenvalue weighted by molar-refractivity contribution is 5.89. The smallest absolute Gasteiger partial charge is 0.240 e. The Labute approximate surface area is 139 Å². The van der Waals surface area contributed by atoms with E-state index < -0.39 is 23.9 Å². The van der Waals surface area contributed by atoms with Gasteiger partial charge in [0.15, 0.2) is 5.96 Å². The van der Waals surface area contributed by atoms with Crippen LogP contribution in [-0.4, -0.2) is 41.5 Å². The van der Waals surface area contributed by atoms with Crippen molar-refractivity contribution in [3.8, 4) is 5.75 Å². The van der Waals surface area contributed by atoms with Crippen molar-refractivity contribution < 1.29 is 14.7 Å². The van der Waals surface area contributed by atoms with Gasteiger partial charge in [-0.15, -0.1) is 0 Å². The van der Waals surface area contributed by atoms with Crippen molar-refractivity contribution >= 4 is 17.8 Å². The van der Waals surface area contributed by atoms with Gasteiger partial charge in [0.05, 0.1) is 0 Å². The summed E-state index contributed by atoms with van der Waals surface area (Å²) in [7, 11) is 0. The van der Waals surface area contributed by atoms with Gasteiger partial charge in [-0.25, -0.2) is 5.43 Å². The Morgan fingerprint density at radius 1 is 1.12 bits per heavy atom. The Morgan fingerprint density at radius 2 is 1.75 bits per heavy atom. The van der Waals surface area contributed by atoms with Gasteiger partial charge in [0.25, 0.3) is 0 Å². The molecule has 24 heavy (non-hydrogen) atoms. The number of nitrogens with zero attached hydrogens (tertiary/aromatic N) is 1. The van der Waals surface area contributed by atoms with Crippen LogP contribution < -0.4 is 33.8 Å². The summed E-state index contributed by atoms with van der Waals surface area (Å²) in [5.41, 5.74) is 18.8. The fourth-order valence-corrected chi connectivity index (χ4v) is 1.98. The van der Waals surface area contributed by atoms with Gasteiger partial charge < -0.3 is 27.6 Å². The molecule has 2 unspecified atom stereocenters. The number of hydrazine groups is 1. The molecule has 0 spiro atoms. The first kappa shape index (κ1) is 19.2. The van der Waals surface area contributed by atoms with Crippen LogP contribution >= 0.6 is 0 Å². The summed E-state index contributed by atoms with van der Waals surface area (Å²) in [6, 6.07) is 4.53. The summed E-state index contributed by atoms with van der Waals surface area (Å²) in [6.45, 7) is 0.198. The van der Waals surface area contributed by atoms with Crippen molar-refractivity contribution in [2.75, 3.05) is 6.54 Å². The third-order valence-electron chi connectivity index (χ3n) is 3.27. The van der Waals surface area contributed by atoms with Crippen LogP contribution in [0.25, 0.3) is 0 Å². The normalized spacial score (nSPS) is 12.9. The third kappa shape index (κ3) is 6.50. The topological polar surface area (TPSA) is 195 Å². The lowest BCUT2D eigenvalue weighted by Gasteiger charge is -2.20. The molecule has 2 atom stereocenters. The first-order valence-corrected chi connectivity index (χ1v) is 7.22. The van der Waals surface area contributed by atoms with Gasteiger partial charge in [-0.3, -0.25) is 20.4 Å². The Balaban J connectivity index is 2.68. The fourth-order valence-electron chi connectivity index (χ4n) is 1.98. The van der Waals surface area contributed by atoms with Gasteiger partial charge in [-0.1, -0.05) is 12.1 Å². The molecule has 0 saturated carbocycles. The number of hydrogen-bond donors (Lipinski definition) is 7. The number of carbonyl (C=O) groups excluding carboxylic acids is 2. The number of phenols is 1. The van der Waals surface area contributed by atoms with Crippen LogP contribution in [0.2, 0.25) is 0 Å². The number of amides is 2. The van der Waals surface area contributed by atoms with E-state index in [2.05, 4.69) is 15.7 Å². The van der Waals surface area contributed by atoms with Crippen LogP contribution in [0.4, 0.5) is 0 Å². The molecule has 0 aliphatic heterocycles. The molecule has 0 saturated heterocycles. The maximum Gasteiger partial charge on any atom is 0.240 e. The van der Waals surface area contributed by atoms with Crippen molar-refractivity contribution in [1.82, 2.24) is 10.7 Å². The minimum absolute atomic E-state index is 0.0893. The molecule has 1 aromatic rings. The van der Waals surface area contributed by atoms with Crippen molar-refractivity contribution in [3.05, 3.63) is 29.8 Å². The maximum absolute atomic E-state index is 12.2. The molecule has 1 aromatic carbocycles. The van der Waals surface area contributed by atoms with Gasteiger partial charge in [0.1, 0.15) is 17.8 Å². The zero-order valence-corrected chi connectivity index (χ0v) is 13.1. The molecule has 132 valence electrons. The molecule has 0 bridgehead atoms. The second-order valence-corrected chi connectivity index (χ2v) is 5.15. The Bertz CT molecular complexity index is 585. The Hall–Kier alpha value is -2.85. The summed E-state index contributed by atoms with van der Waals surface area (Å²) in [6.07, 6.45) is 0.428. The second-order valence-electron chi connectivity index (χ2n) is 5.15. The molecule has 10 heteroatoms. The van der Waals surface area contributed by atoms with Crippen molar-refractivity contribution in [1.29, 1.82) is 0 Å². The maximum atomic E-state index is 12.2. The molecule has 10 nitrogen and oxygen atoms in total. The van der Waals surface area contributed by atoms with Crippen molar-refractivity contribution in [2.45, 2.75) is 24.9 Å². The minimum Gasteiger partial charge on any atom is -0.508 e. The molecule has 0 aromatic heterocycles. The number of carbonyl (C=O) groups is 2. The summed E-state index contributed by atoms with van der Waals surface area (Å²) in [5.74, 6) is 4.18. The van der Waals surface area contributed by atoms with Crippen LogP contribution in [0, 0.1) is 0 Å². The second kappa shape index (κ2) is 9.33.